The summed E-state index contributed by atoms with van der Waals surface area (Å²) in [6, 6.07) is 11.7. The maximum Gasteiger partial charge on any atom is 0.251 e. The van der Waals surface area contributed by atoms with Crippen LogP contribution in [0.25, 0.3) is 32.0 Å². The van der Waals surface area contributed by atoms with Gasteiger partial charge in [0, 0.05) is 41.4 Å². The third kappa shape index (κ3) is 5.78. The highest BCUT2D eigenvalue weighted by atomic mass is 32.2. The average Bonchev–Trinajstić information content (AvgIpc) is 3.52. The molecule has 1 unspecified atom stereocenters. The van der Waals surface area contributed by atoms with Crippen molar-refractivity contribution >= 4 is 49.6 Å². The number of carbonyl (C=O) groups is 1. The molecule has 0 saturated carbocycles. The van der Waals surface area contributed by atoms with E-state index >= 15 is 0 Å². The monoisotopic (exact) mass is 512 g/mol. The molecule has 0 aliphatic carbocycles. The van der Waals surface area contributed by atoms with Crippen LogP contribution in [0.15, 0.2) is 52.2 Å². The van der Waals surface area contributed by atoms with E-state index in [2.05, 4.69) is 17.2 Å². The van der Waals surface area contributed by atoms with Crippen molar-refractivity contribution < 1.29 is 9.00 Å². The van der Waals surface area contributed by atoms with Crippen LogP contribution in [0.1, 0.15) is 30.1 Å². The second-order valence-corrected chi connectivity index (χ2v) is 11.9. The fraction of sp³-hybridized carbons (Fsp3) is 0.320. The zero-order chi connectivity index (χ0) is 24.1. The van der Waals surface area contributed by atoms with E-state index in [9.17, 15) is 9.00 Å². The molecule has 0 radical (unpaired) electrons. The molecule has 1 aromatic carbocycles. The normalized spacial score (nSPS) is 12.4. The Hall–Kier alpha value is -2.46. The highest BCUT2D eigenvalue weighted by Crippen LogP contribution is 2.38. The Kier molecular flexibility index (Phi) is 8.20. The van der Waals surface area contributed by atoms with Crippen LogP contribution in [-0.2, 0) is 10.8 Å². The highest BCUT2D eigenvalue weighted by Gasteiger charge is 2.17. The number of rotatable bonds is 10. The molecule has 4 rings (SSSR count). The van der Waals surface area contributed by atoms with Gasteiger partial charge in [0.15, 0.2) is 0 Å². The predicted molar refractivity (Wildman–Crippen MR) is 143 cm³/mol. The van der Waals surface area contributed by atoms with Gasteiger partial charge < -0.3 is 10.2 Å². The number of aromatic nitrogens is 2. The smallest absolute Gasteiger partial charge is 0.251 e. The van der Waals surface area contributed by atoms with E-state index in [-0.39, 0.29) is 5.91 Å². The van der Waals surface area contributed by atoms with Gasteiger partial charge in [0.2, 0.25) is 0 Å². The molecule has 0 aliphatic rings. The van der Waals surface area contributed by atoms with Gasteiger partial charge in [0.05, 0.1) is 15.0 Å². The molecule has 0 spiro atoms. The standard InChI is InChI=1S/C25H28N4O2S3/c1-4-5-13-34(31)22-16-20-19(15-21(28-24(20)33-22)25-27-10-12-32-25)17-7-6-8-18(14-17)23(30)26-9-11-29(2)3/h6-8,10,12,14-16H,4-5,9,11,13H2,1-3H3,(H,26,30). The molecule has 9 heteroatoms. The Labute approximate surface area is 210 Å². The number of fused-ring (bicyclic) bond motifs is 1. The summed E-state index contributed by atoms with van der Waals surface area (Å²) in [6.07, 6.45) is 3.71. The van der Waals surface area contributed by atoms with Crippen LogP contribution in [0.3, 0.4) is 0 Å². The number of nitrogens with zero attached hydrogens (tertiary/aromatic N) is 3. The van der Waals surface area contributed by atoms with Gasteiger partial charge in [-0.3, -0.25) is 9.00 Å². The van der Waals surface area contributed by atoms with Crippen molar-refractivity contribution in [3.63, 3.8) is 0 Å². The first-order valence-corrected chi connectivity index (χ1v) is 14.2. The molecule has 3 aromatic heterocycles. The summed E-state index contributed by atoms with van der Waals surface area (Å²) in [7, 11) is 2.91. The number of pyridine rings is 1. The van der Waals surface area contributed by atoms with Gasteiger partial charge in [-0.25, -0.2) is 9.97 Å². The zero-order valence-electron chi connectivity index (χ0n) is 19.5. The lowest BCUT2D eigenvalue weighted by Crippen LogP contribution is -2.31. The molecule has 0 aliphatic heterocycles. The summed E-state index contributed by atoms with van der Waals surface area (Å²) in [4.78, 5) is 24.9. The van der Waals surface area contributed by atoms with Crippen LogP contribution in [0, 0.1) is 0 Å². The molecular weight excluding hydrogens is 485 g/mol. The van der Waals surface area contributed by atoms with Gasteiger partial charge in [-0.15, -0.1) is 22.7 Å². The molecule has 3 heterocycles. The number of carbonyl (C=O) groups excluding carboxylic acids is 1. The largest absolute Gasteiger partial charge is 0.351 e. The lowest BCUT2D eigenvalue weighted by molar-refractivity contribution is 0.0951. The Morgan fingerprint density at radius 1 is 1.21 bits per heavy atom. The van der Waals surface area contributed by atoms with Crippen LogP contribution in [0.5, 0.6) is 0 Å². The number of nitrogens with one attached hydrogen (secondary N) is 1. The molecule has 1 amide bonds. The number of hydrogen-bond acceptors (Lipinski definition) is 7. The summed E-state index contributed by atoms with van der Waals surface area (Å²) in [6.45, 7) is 3.47. The van der Waals surface area contributed by atoms with Gasteiger partial charge in [0.25, 0.3) is 5.91 Å². The lowest BCUT2D eigenvalue weighted by Gasteiger charge is -2.11. The van der Waals surface area contributed by atoms with Crippen LogP contribution in [-0.4, -0.2) is 57.9 Å². The van der Waals surface area contributed by atoms with Crippen molar-refractivity contribution in [1.82, 2.24) is 20.2 Å². The molecular formula is C25H28N4O2S3. The van der Waals surface area contributed by atoms with Crippen LogP contribution < -0.4 is 5.32 Å². The lowest BCUT2D eigenvalue weighted by atomic mass is 10.0. The van der Waals surface area contributed by atoms with Crippen LogP contribution in [0.2, 0.25) is 0 Å². The second kappa shape index (κ2) is 11.3. The fourth-order valence-electron chi connectivity index (χ4n) is 3.50. The Balaban J connectivity index is 1.75. The molecule has 178 valence electrons. The minimum Gasteiger partial charge on any atom is -0.351 e. The first kappa shape index (κ1) is 24.7. The van der Waals surface area contributed by atoms with Crippen LogP contribution in [0.4, 0.5) is 0 Å². The number of benzene rings is 1. The van der Waals surface area contributed by atoms with E-state index in [4.69, 9.17) is 4.98 Å². The van der Waals surface area contributed by atoms with Gasteiger partial charge in [0.1, 0.15) is 15.5 Å². The van der Waals surface area contributed by atoms with E-state index in [0.29, 0.717) is 17.9 Å². The molecule has 1 N–H and O–H groups in total. The Bertz CT molecular complexity index is 1300. The highest BCUT2D eigenvalue weighted by molar-refractivity contribution is 7.87. The third-order valence-electron chi connectivity index (χ3n) is 5.32. The molecule has 0 bridgehead atoms. The molecule has 34 heavy (non-hydrogen) atoms. The molecule has 4 aromatic rings. The minimum atomic E-state index is -1.05. The number of hydrogen-bond donors (Lipinski definition) is 1. The van der Waals surface area contributed by atoms with Crippen molar-refractivity contribution in [2.75, 3.05) is 32.9 Å². The molecule has 0 saturated heterocycles. The third-order valence-corrected chi connectivity index (χ3v) is 8.98. The number of thiophene rings is 1. The Morgan fingerprint density at radius 2 is 2.06 bits per heavy atom. The summed E-state index contributed by atoms with van der Waals surface area (Å²) < 4.78 is 13.7. The topological polar surface area (TPSA) is 75.2 Å². The van der Waals surface area contributed by atoms with E-state index < -0.39 is 10.8 Å². The van der Waals surface area contributed by atoms with Crippen molar-refractivity contribution in [3.8, 4) is 21.8 Å². The Morgan fingerprint density at radius 3 is 2.79 bits per heavy atom. The first-order chi connectivity index (χ1) is 16.5. The summed E-state index contributed by atoms with van der Waals surface area (Å²) >= 11 is 3.02. The molecule has 1 atom stereocenters. The predicted octanol–water partition coefficient (Wildman–Crippen LogP) is 5.29. The number of amides is 1. The molecule has 0 fully saturated rings. The summed E-state index contributed by atoms with van der Waals surface area (Å²) in [5.74, 6) is 0.557. The number of likely N-dealkylation sites (N-methyl/N-ethyl adjacent to an activating group) is 1. The van der Waals surface area contributed by atoms with Gasteiger partial charge >= 0.3 is 0 Å². The van der Waals surface area contributed by atoms with Crippen molar-refractivity contribution in [1.29, 1.82) is 0 Å². The number of unbranched alkanes of at least 4 members (excludes halogenated alkanes) is 1. The van der Waals surface area contributed by atoms with E-state index in [0.717, 1.165) is 55.6 Å². The zero-order valence-corrected chi connectivity index (χ0v) is 22.0. The maximum absolute atomic E-state index is 12.9. The van der Waals surface area contributed by atoms with Crippen LogP contribution >= 0.6 is 22.7 Å². The first-order valence-electron chi connectivity index (χ1n) is 11.2. The SMILES string of the molecule is CCCCS(=O)c1cc2c(-c3cccc(C(=O)NCCN(C)C)c3)cc(-c3nccs3)nc2s1. The average molecular weight is 513 g/mol. The van der Waals surface area contributed by atoms with E-state index in [1.807, 2.05) is 60.8 Å². The summed E-state index contributed by atoms with van der Waals surface area (Å²) in [5.41, 5.74) is 3.28. The summed E-state index contributed by atoms with van der Waals surface area (Å²) in [5, 5.41) is 6.70. The maximum atomic E-state index is 12.9. The van der Waals surface area contributed by atoms with Gasteiger partial charge in [-0.05, 0) is 55.9 Å². The van der Waals surface area contributed by atoms with Crippen molar-refractivity contribution in [2.45, 2.75) is 24.0 Å². The van der Waals surface area contributed by atoms with Crippen molar-refractivity contribution in [3.05, 3.63) is 53.5 Å². The van der Waals surface area contributed by atoms with Gasteiger partial charge in [-0.2, -0.15) is 0 Å². The van der Waals surface area contributed by atoms with E-state index in [1.165, 1.54) is 22.7 Å². The minimum absolute atomic E-state index is 0.0965. The van der Waals surface area contributed by atoms with E-state index in [1.54, 1.807) is 6.20 Å². The second-order valence-electron chi connectivity index (χ2n) is 8.22. The van der Waals surface area contributed by atoms with Gasteiger partial charge in [-0.1, -0.05) is 25.5 Å². The fourth-order valence-corrected chi connectivity index (χ4v) is 6.75. The quantitative estimate of drug-likeness (QED) is 0.313. The number of thiazole rings is 1. The van der Waals surface area contributed by atoms with Crippen molar-refractivity contribution in [2.24, 2.45) is 0 Å². The molecule has 6 nitrogen and oxygen atoms in total.